The van der Waals surface area contributed by atoms with Crippen molar-refractivity contribution in [3.05, 3.63) is 41.2 Å². The van der Waals surface area contributed by atoms with Crippen molar-refractivity contribution in [3.8, 4) is 0 Å². The molecular formula is C17H23FN6O2S2. The number of halogens is 1. The fourth-order valence-corrected chi connectivity index (χ4v) is 4.65. The number of primary sulfonamides is 1. The lowest BCUT2D eigenvalue weighted by Gasteiger charge is -2.19. The van der Waals surface area contributed by atoms with Crippen LogP contribution in [0.4, 0.5) is 10.2 Å². The molecule has 0 saturated carbocycles. The fourth-order valence-electron chi connectivity index (χ4n) is 2.95. The second-order valence-corrected chi connectivity index (χ2v) is 9.30. The number of hydrogen-bond donors (Lipinski definition) is 3. The summed E-state index contributed by atoms with van der Waals surface area (Å²) in [6.45, 7) is 4.30. The molecule has 152 valence electrons. The van der Waals surface area contributed by atoms with E-state index in [1.54, 1.807) is 18.3 Å². The standard InChI is InChI=1S/C17H23FN6O2S2/c1-2-20-17(22-10-13-5-6-15(27-13)28(19,25)26)23-12-7-9-24(11-12)16-14(18)4-3-8-21-16/h3-6,8,12H,2,7,9-11H2,1H3,(H2,19,25,26)(H2,20,22,23). The van der Waals surface area contributed by atoms with Crippen LogP contribution in [0.25, 0.3) is 0 Å². The second kappa shape index (κ2) is 8.84. The van der Waals surface area contributed by atoms with Crippen LogP contribution in [0.15, 0.2) is 39.7 Å². The van der Waals surface area contributed by atoms with Crippen LogP contribution in [0.5, 0.6) is 0 Å². The largest absolute Gasteiger partial charge is 0.357 e. The smallest absolute Gasteiger partial charge is 0.247 e. The normalized spacial score (nSPS) is 17.8. The Bertz CT molecular complexity index is 947. The minimum Gasteiger partial charge on any atom is -0.357 e. The topological polar surface area (TPSA) is 113 Å². The highest BCUT2D eigenvalue weighted by Gasteiger charge is 2.26. The average molecular weight is 427 g/mol. The number of rotatable bonds is 6. The van der Waals surface area contributed by atoms with Gasteiger partial charge in [0, 0.05) is 36.8 Å². The Kier molecular flexibility index (Phi) is 6.47. The van der Waals surface area contributed by atoms with Gasteiger partial charge in [0.05, 0.1) is 6.54 Å². The zero-order valence-corrected chi connectivity index (χ0v) is 17.1. The van der Waals surface area contributed by atoms with Crippen molar-refractivity contribution >= 4 is 33.1 Å². The Balaban J connectivity index is 1.62. The number of pyridine rings is 1. The first-order valence-electron chi connectivity index (χ1n) is 8.88. The molecule has 1 fully saturated rings. The maximum absolute atomic E-state index is 13.9. The molecule has 1 atom stereocenters. The van der Waals surface area contributed by atoms with Crippen LogP contribution in [0.3, 0.4) is 0 Å². The summed E-state index contributed by atoms with van der Waals surface area (Å²) in [6, 6.07) is 6.28. The molecule has 0 spiro atoms. The molecule has 0 amide bonds. The number of aromatic nitrogens is 1. The van der Waals surface area contributed by atoms with E-state index in [4.69, 9.17) is 5.14 Å². The highest BCUT2D eigenvalue weighted by Crippen LogP contribution is 2.22. The van der Waals surface area contributed by atoms with E-state index in [1.807, 2.05) is 11.8 Å². The van der Waals surface area contributed by atoms with Gasteiger partial charge in [-0.15, -0.1) is 11.3 Å². The molecular weight excluding hydrogens is 403 g/mol. The lowest BCUT2D eigenvalue weighted by molar-refractivity contribution is 0.599. The van der Waals surface area contributed by atoms with Gasteiger partial charge in [-0.25, -0.2) is 27.9 Å². The molecule has 3 rings (SSSR count). The first-order chi connectivity index (χ1) is 13.4. The molecule has 2 aromatic rings. The number of nitrogens with zero attached hydrogens (tertiary/aromatic N) is 3. The summed E-state index contributed by atoms with van der Waals surface area (Å²) in [7, 11) is -3.69. The molecule has 1 saturated heterocycles. The van der Waals surface area contributed by atoms with Gasteiger partial charge in [0.1, 0.15) is 4.21 Å². The molecule has 0 aromatic carbocycles. The van der Waals surface area contributed by atoms with Crippen LogP contribution in [0, 0.1) is 5.82 Å². The number of nitrogens with two attached hydrogens (primary N) is 1. The summed E-state index contributed by atoms with van der Waals surface area (Å²) in [5.74, 6) is 0.663. The van der Waals surface area contributed by atoms with Gasteiger partial charge in [-0.1, -0.05) is 0 Å². The molecule has 2 aromatic heterocycles. The number of sulfonamides is 1. The van der Waals surface area contributed by atoms with Crippen molar-refractivity contribution in [1.29, 1.82) is 0 Å². The van der Waals surface area contributed by atoms with E-state index in [-0.39, 0.29) is 16.1 Å². The number of hydrogen-bond acceptors (Lipinski definition) is 6. The lowest BCUT2D eigenvalue weighted by atomic mass is 10.3. The second-order valence-electron chi connectivity index (χ2n) is 6.35. The molecule has 1 aliphatic heterocycles. The third-order valence-electron chi connectivity index (χ3n) is 4.22. The predicted molar refractivity (Wildman–Crippen MR) is 108 cm³/mol. The van der Waals surface area contributed by atoms with Gasteiger partial charge in [0.25, 0.3) is 0 Å². The lowest BCUT2D eigenvalue weighted by Crippen LogP contribution is -2.44. The number of anilines is 1. The summed E-state index contributed by atoms with van der Waals surface area (Å²) >= 11 is 1.11. The number of guanidine groups is 1. The minimum atomic E-state index is -3.69. The van der Waals surface area contributed by atoms with Crippen LogP contribution in [0.2, 0.25) is 0 Å². The van der Waals surface area contributed by atoms with E-state index < -0.39 is 10.0 Å². The third-order valence-corrected chi connectivity index (χ3v) is 6.73. The SMILES string of the molecule is CCNC(=NCc1ccc(S(N)(=O)=O)s1)NC1CCN(c2ncccc2F)C1. The van der Waals surface area contributed by atoms with E-state index >= 15 is 0 Å². The summed E-state index contributed by atoms with van der Waals surface area (Å²) in [6.07, 6.45) is 2.41. The Morgan fingerprint density at radius 1 is 1.46 bits per heavy atom. The molecule has 11 heteroatoms. The number of aliphatic imine (C=N–C) groups is 1. The average Bonchev–Trinajstić information content (AvgIpc) is 3.29. The molecule has 8 nitrogen and oxygen atoms in total. The molecule has 0 aliphatic carbocycles. The Hall–Kier alpha value is -2.24. The number of nitrogens with one attached hydrogen (secondary N) is 2. The van der Waals surface area contributed by atoms with Crippen molar-refractivity contribution in [2.75, 3.05) is 24.5 Å². The molecule has 0 radical (unpaired) electrons. The van der Waals surface area contributed by atoms with Crippen LogP contribution in [0.1, 0.15) is 18.2 Å². The van der Waals surface area contributed by atoms with Crippen molar-refractivity contribution < 1.29 is 12.8 Å². The number of thiophene rings is 1. The highest BCUT2D eigenvalue weighted by molar-refractivity contribution is 7.91. The quantitative estimate of drug-likeness (QED) is 0.474. The van der Waals surface area contributed by atoms with E-state index in [0.717, 1.165) is 22.6 Å². The maximum Gasteiger partial charge on any atom is 0.247 e. The zero-order valence-electron chi connectivity index (χ0n) is 15.4. The summed E-state index contributed by atoms with van der Waals surface area (Å²) in [5.41, 5.74) is 0. The molecule has 28 heavy (non-hydrogen) atoms. The molecule has 4 N–H and O–H groups in total. The minimum absolute atomic E-state index is 0.0996. The van der Waals surface area contributed by atoms with Crippen molar-refractivity contribution in [1.82, 2.24) is 15.6 Å². The predicted octanol–water partition coefficient (Wildman–Crippen LogP) is 1.26. The van der Waals surface area contributed by atoms with Gasteiger partial charge in [-0.2, -0.15) is 0 Å². The van der Waals surface area contributed by atoms with E-state index in [0.29, 0.717) is 38.0 Å². The Labute approximate surface area is 167 Å². The molecule has 3 heterocycles. The first kappa shape index (κ1) is 20.5. The first-order valence-corrected chi connectivity index (χ1v) is 11.2. The maximum atomic E-state index is 13.9. The van der Waals surface area contributed by atoms with Gasteiger partial charge < -0.3 is 15.5 Å². The molecule has 0 bridgehead atoms. The molecule has 1 aliphatic rings. The van der Waals surface area contributed by atoms with Gasteiger partial charge in [-0.3, -0.25) is 0 Å². The van der Waals surface area contributed by atoms with Gasteiger partial charge >= 0.3 is 0 Å². The fraction of sp³-hybridized carbons (Fsp3) is 0.412. The van der Waals surface area contributed by atoms with Crippen LogP contribution in [-0.2, 0) is 16.6 Å². The van der Waals surface area contributed by atoms with Crippen molar-refractivity contribution in [2.24, 2.45) is 10.1 Å². The monoisotopic (exact) mass is 426 g/mol. The van der Waals surface area contributed by atoms with Gasteiger partial charge in [-0.05, 0) is 37.6 Å². The van der Waals surface area contributed by atoms with Crippen molar-refractivity contribution in [3.63, 3.8) is 0 Å². The summed E-state index contributed by atoms with van der Waals surface area (Å²) < 4.78 is 36.8. The van der Waals surface area contributed by atoms with E-state index in [1.165, 1.54) is 12.1 Å². The highest BCUT2D eigenvalue weighted by atomic mass is 32.2. The summed E-state index contributed by atoms with van der Waals surface area (Å²) in [5, 5.41) is 11.7. The van der Waals surface area contributed by atoms with Crippen molar-refractivity contribution in [2.45, 2.75) is 30.1 Å². The zero-order chi connectivity index (χ0) is 20.1. The van der Waals surface area contributed by atoms with E-state index in [2.05, 4.69) is 20.6 Å². The van der Waals surface area contributed by atoms with Crippen LogP contribution >= 0.6 is 11.3 Å². The van der Waals surface area contributed by atoms with Crippen LogP contribution < -0.4 is 20.7 Å². The Morgan fingerprint density at radius 3 is 2.96 bits per heavy atom. The molecule has 1 unspecified atom stereocenters. The van der Waals surface area contributed by atoms with Gasteiger partial charge in [0.15, 0.2) is 17.6 Å². The van der Waals surface area contributed by atoms with Crippen LogP contribution in [-0.4, -0.2) is 45.0 Å². The third kappa shape index (κ3) is 5.18. The van der Waals surface area contributed by atoms with Gasteiger partial charge in [0.2, 0.25) is 10.0 Å². The summed E-state index contributed by atoms with van der Waals surface area (Å²) in [4.78, 5) is 11.4. The van der Waals surface area contributed by atoms with E-state index in [9.17, 15) is 12.8 Å². The Morgan fingerprint density at radius 2 is 2.29 bits per heavy atom.